The van der Waals surface area contributed by atoms with Crippen LogP contribution >= 0.6 is 0 Å². The van der Waals surface area contributed by atoms with Crippen molar-refractivity contribution in [3.05, 3.63) is 158 Å². The van der Waals surface area contributed by atoms with Crippen molar-refractivity contribution in [2.45, 2.75) is 0 Å². The van der Waals surface area contributed by atoms with Gasteiger partial charge in [-0.25, -0.2) is 15.0 Å². The van der Waals surface area contributed by atoms with E-state index in [2.05, 4.69) is 84.9 Å². The van der Waals surface area contributed by atoms with Gasteiger partial charge in [0.2, 0.25) is 0 Å². The second kappa shape index (κ2) is 11.2. The van der Waals surface area contributed by atoms with E-state index in [9.17, 15) is 0 Å². The van der Waals surface area contributed by atoms with E-state index in [0.29, 0.717) is 17.5 Å². The van der Waals surface area contributed by atoms with Crippen LogP contribution in [-0.2, 0) is 0 Å². The molecule has 0 aliphatic rings. The molecule has 45 heavy (non-hydrogen) atoms. The van der Waals surface area contributed by atoms with Crippen molar-refractivity contribution < 1.29 is 0 Å². The Morgan fingerprint density at radius 3 is 1.51 bits per heavy atom. The average Bonchev–Trinajstić information content (AvgIpc) is 3.12. The Kier molecular flexibility index (Phi) is 6.58. The quantitative estimate of drug-likeness (QED) is 0.207. The molecule has 0 aliphatic heterocycles. The van der Waals surface area contributed by atoms with E-state index in [4.69, 9.17) is 20.7 Å². The first-order chi connectivity index (χ1) is 22.2. The van der Waals surface area contributed by atoms with Crippen LogP contribution < -0.4 is 5.73 Å². The van der Waals surface area contributed by atoms with Crippen molar-refractivity contribution >= 4 is 27.2 Å². The molecule has 0 bridgehead atoms. The van der Waals surface area contributed by atoms with Crippen LogP contribution in [0, 0.1) is 0 Å². The Morgan fingerprint density at radius 1 is 0.333 bits per heavy atom. The van der Waals surface area contributed by atoms with Crippen molar-refractivity contribution in [1.82, 2.24) is 15.0 Å². The molecule has 1 aromatic heterocycles. The number of aromatic nitrogens is 3. The second-order valence-electron chi connectivity index (χ2n) is 11.1. The number of nitrogen functional groups attached to an aromatic ring is 1. The normalized spacial score (nSPS) is 11.2. The first kappa shape index (κ1) is 26.5. The summed E-state index contributed by atoms with van der Waals surface area (Å²) in [6, 6.07) is 54.2. The number of hydrogen-bond acceptors (Lipinski definition) is 4. The van der Waals surface area contributed by atoms with Crippen LogP contribution in [0.2, 0.25) is 0 Å². The molecule has 0 amide bonds. The fourth-order valence-electron chi connectivity index (χ4n) is 6.10. The number of benzene rings is 7. The molecule has 4 nitrogen and oxygen atoms in total. The molecular weight excluding hydrogens is 548 g/mol. The Labute approximate surface area is 261 Å². The van der Waals surface area contributed by atoms with Gasteiger partial charge in [-0.05, 0) is 44.5 Å². The molecule has 8 rings (SSSR count). The van der Waals surface area contributed by atoms with Crippen LogP contribution in [0.25, 0.3) is 78.0 Å². The third-order valence-corrected chi connectivity index (χ3v) is 8.31. The molecule has 2 N–H and O–H groups in total. The summed E-state index contributed by atoms with van der Waals surface area (Å²) >= 11 is 0. The molecule has 1 heterocycles. The Hall–Kier alpha value is -6.13. The molecule has 212 valence electrons. The smallest absolute Gasteiger partial charge is 0.164 e. The number of hydrogen-bond donors (Lipinski definition) is 1. The zero-order valence-corrected chi connectivity index (χ0v) is 24.4. The van der Waals surface area contributed by atoms with Gasteiger partial charge >= 0.3 is 0 Å². The lowest BCUT2D eigenvalue weighted by molar-refractivity contribution is 1.07. The maximum Gasteiger partial charge on any atom is 0.164 e. The molecule has 0 fully saturated rings. The van der Waals surface area contributed by atoms with E-state index in [1.807, 2.05) is 72.8 Å². The highest BCUT2D eigenvalue weighted by Crippen LogP contribution is 2.42. The van der Waals surface area contributed by atoms with Gasteiger partial charge in [0.05, 0.1) is 0 Å². The number of anilines is 1. The number of fused-ring (bicyclic) bond motifs is 2. The first-order valence-electron chi connectivity index (χ1n) is 15.0. The van der Waals surface area contributed by atoms with Crippen molar-refractivity contribution in [3.63, 3.8) is 0 Å². The summed E-state index contributed by atoms with van der Waals surface area (Å²) in [5.41, 5.74) is 14.6. The molecule has 4 heteroatoms. The fourth-order valence-corrected chi connectivity index (χ4v) is 6.10. The summed E-state index contributed by atoms with van der Waals surface area (Å²) in [4.78, 5) is 14.7. The maximum atomic E-state index is 6.39. The monoisotopic (exact) mass is 576 g/mol. The molecule has 0 atom stereocenters. The van der Waals surface area contributed by atoms with Gasteiger partial charge in [-0.3, -0.25) is 0 Å². The van der Waals surface area contributed by atoms with Gasteiger partial charge in [-0.1, -0.05) is 152 Å². The molecule has 0 spiro atoms. The van der Waals surface area contributed by atoms with Gasteiger partial charge in [0.25, 0.3) is 0 Å². The van der Waals surface area contributed by atoms with E-state index in [-0.39, 0.29) is 0 Å². The largest absolute Gasteiger partial charge is 0.398 e. The molecule has 0 aliphatic carbocycles. The first-order valence-corrected chi connectivity index (χ1v) is 15.0. The van der Waals surface area contributed by atoms with Crippen LogP contribution in [0.1, 0.15) is 0 Å². The number of nitrogens with two attached hydrogens (primary N) is 1. The second-order valence-corrected chi connectivity index (χ2v) is 11.1. The molecule has 0 unspecified atom stereocenters. The van der Waals surface area contributed by atoms with E-state index in [0.717, 1.165) is 49.8 Å². The van der Waals surface area contributed by atoms with E-state index < -0.39 is 0 Å². The van der Waals surface area contributed by atoms with E-state index >= 15 is 0 Å². The molecule has 0 radical (unpaired) electrons. The molecule has 7 aromatic carbocycles. The molecule has 8 aromatic rings. The van der Waals surface area contributed by atoms with Crippen LogP contribution in [0.4, 0.5) is 5.69 Å². The van der Waals surface area contributed by atoms with Crippen LogP contribution in [0.15, 0.2) is 158 Å². The molecule has 0 saturated carbocycles. The Morgan fingerprint density at radius 2 is 0.844 bits per heavy atom. The summed E-state index contributed by atoms with van der Waals surface area (Å²) < 4.78 is 0. The van der Waals surface area contributed by atoms with Gasteiger partial charge in [0.1, 0.15) is 0 Å². The van der Waals surface area contributed by atoms with Crippen LogP contribution in [0.3, 0.4) is 0 Å². The minimum Gasteiger partial charge on any atom is -0.398 e. The van der Waals surface area contributed by atoms with Crippen molar-refractivity contribution in [2.24, 2.45) is 0 Å². The lowest BCUT2D eigenvalue weighted by Gasteiger charge is -2.17. The summed E-state index contributed by atoms with van der Waals surface area (Å²) in [5, 5.41) is 4.58. The van der Waals surface area contributed by atoms with Gasteiger partial charge in [0.15, 0.2) is 17.5 Å². The highest BCUT2D eigenvalue weighted by Gasteiger charge is 2.16. The van der Waals surface area contributed by atoms with Gasteiger partial charge < -0.3 is 5.73 Å². The SMILES string of the molecule is Nc1cccc2c(-c3ccc4ccccc4c3-c3ccc(-c4nc(-c5ccccc5)nc(-c5ccccc5)n4)cc3)cccc12. The Bertz CT molecular complexity index is 2250. The van der Waals surface area contributed by atoms with Crippen LogP contribution in [-0.4, -0.2) is 15.0 Å². The van der Waals surface area contributed by atoms with Gasteiger partial charge in [-0.15, -0.1) is 0 Å². The molecular formula is C41H28N4. The average molecular weight is 577 g/mol. The number of rotatable bonds is 5. The third-order valence-electron chi connectivity index (χ3n) is 8.31. The number of nitrogens with zero attached hydrogens (tertiary/aromatic N) is 3. The summed E-state index contributed by atoms with van der Waals surface area (Å²) in [5.74, 6) is 1.93. The zero-order valence-electron chi connectivity index (χ0n) is 24.4. The predicted octanol–water partition coefficient (Wildman–Crippen LogP) is 10.1. The minimum absolute atomic E-state index is 0.636. The van der Waals surface area contributed by atoms with Crippen molar-refractivity contribution in [1.29, 1.82) is 0 Å². The van der Waals surface area contributed by atoms with Crippen molar-refractivity contribution in [2.75, 3.05) is 5.73 Å². The lowest BCUT2D eigenvalue weighted by atomic mass is 9.87. The summed E-state index contributed by atoms with van der Waals surface area (Å²) in [6.07, 6.45) is 0. The van der Waals surface area contributed by atoms with Crippen molar-refractivity contribution in [3.8, 4) is 56.4 Å². The summed E-state index contributed by atoms with van der Waals surface area (Å²) in [7, 11) is 0. The van der Waals surface area contributed by atoms with E-state index in [1.165, 1.54) is 16.3 Å². The highest BCUT2D eigenvalue weighted by atomic mass is 15.0. The lowest BCUT2D eigenvalue weighted by Crippen LogP contribution is -2.00. The minimum atomic E-state index is 0.636. The van der Waals surface area contributed by atoms with Gasteiger partial charge in [-0.2, -0.15) is 0 Å². The predicted molar refractivity (Wildman–Crippen MR) is 186 cm³/mol. The zero-order chi connectivity index (χ0) is 30.2. The highest BCUT2D eigenvalue weighted by molar-refractivity contribution is 6.10. The maximum absolute atomic E-state index is 6.39. The summed E-state index contributed by atoms with van der Waals surface area (Å²) in [6.45, 7) is 0. The molecule has 0 saturated heterocycles. The third kappa shape index (κ3) is 4.89. The van der Waals surface area contributed by atoms with Gasteiger partial charge in [0, 0.05) is 27.8 Å². The Balaban J connectivity index is 1.29. The standard InChI is InChI=1S/C41H28N4/c42-37-20-10-18-33-34(17-9-19-35(33)37)36-26-25-27-11-7-8-16-32(27)38(36)28-21-23-31(24-22-28)41-44-39(29-12-3-1-4-13-29)43-40(45-41)30-14-5-2-6-15-30/h1-26H,42H2. The van der Waals surface area contributed by atoms with E-state index in [1.54, 1.807) is 0 Å². The van der Waals surface area contributed by atoms with Crippen LogP contribution in [0.5, 0.6) is 0 Å². The topological polar surface area (TPSA) is 64.7 Å². The fraction of sp³-hybridized carbons (Fsp3) is 0.